The third-order valence-electron chi connectivity index (χ3n) is 4.07. The fourth-order valence-electron chi connectivity index (χ4n) is 3.15. The Labute approximate surface area is 135 Å². The van der Waals surface area contributed by atoms with Crippen molar-refractivity contribution in [3.63, 3.8) is 0 Å². The lowest BCUT2D eigenvalue weighted by Gasteiger charge is -2.34. The number of aromatic amines is 1. The summed E-state index contributed by atoms with van der Waals surface area (Å²) in [5.41, 5.74) is 0.768. The summed E-state index contributed by atoms with van der Waals surface area (Å²) >= 11 is 0. The molecule has 0 bridgehead atoms. The Kier molecular flexibility index (Phi) is 5.23. The number of H-pyrrole nitrogens is 1. The number of nitrogens with zero attached hydrogens (tertiary/aromatic N) is 1. The number of hydrogen-bond acceptors (Lipinski definition) is 3. The van der Waals surface area contributed by atoms with Crippen molar-refractivity contribution in [1.29, 1.82) is 0 Å². The van der Waals surface area contributed by atoms with Gasteiger partial charge in [0, 0.05) is 30.4 Å². The second kappa shape index (κ2) is 6.98. The minimum Gasteiger partial charge on any atom is -0.481 e. The smallest absolute Gasteiger partial charge is 0.308 e. The van der Waals surface area contributed by atoms with E-state index in [1.807, 2.05) is 20.8 Å². The van der Waals surface area contributed by atoms with Crippen molar-refractivity contribution in [3.05, 3.63) is 33.7 Å². The van der Waals surface area contributed by atoms with E-state index in [4.69, 9.17) is 0 Å². The summed E-state index contributed by atoms with van der Waals surface area (Å²) in [5.74, 6) is -1.19. The van der Waals surface area contributed by atoms with Gasteiger partial charge in [0.15, 0.2) is 0 Å². The first kappa shape index (κ1) is 17.2. The highest BCUT2D eigenvalue weighted by molar-refractivity contribution is 5.94. The van der Waals surface area contributed by atoms with Crippen LogP contribution in [-0.4, -0.2) is 40.0 Å². The van der Waals surface area contributed by atoms with Gasteiger partial charge in [0.1, 0.15) is 0 Å². The van der Waals surface area contributed by atoms with E-state index in [0.717, 1.165) is 5.69 Å². The molecule has 6 heteroatoms. The molecule has 0 aromatic carbocycles. The van der Waals surface area contributed by atoms with Gasteiger partial charge in [-0.15, -0.1) is 0 Å². The Morgan fingerprint density at radius 3 is 2.65 bits per heavy atom. The molecule has 1 amide bonds. The van der Waals surface area contributed by atoms with Crippen LogP contribution in [0, 0.1) is 17.8 Å². The van der Waals surface area contributed by atoms with Crippen molar-refractivity contribution in [2.24, 2.45) is 17.8 Å². The molecule has 2 heterocycles. The normalized spacial score (nSPS) is 21.5. The second-order valence-corrected chi connectivity index (χ2v) is 6.94. The van der Waals surface area contributed by atoms with Gasteiger partial charge in [0.05, 0.1) is 5.92 Å². The topological polar surface area (TPSA) is 90.5 Å². The van der Waals surface area contributed by atoms with E-state index in [0.29, 0.717) is 30.9 Å². The van der Waals surface area contributed by atoms with Gasteiger partial charge in [-0.25, -0.2) is 0 Å². The summed E-state index contributed by atoms with van der Waals surface area (Å²) in [5, 5.41) is 9.22. The largest absolute Gasteiger partial charge is 0.481 e. The predicted molar refractivity (Wildman–Crippen MR) is 86.4 cm³/mol. The highest BCUT2D eigenvalue weighted by Gasteiger charge is 2.32. The molecular weight excluding hydrogens is 296 g/mol. The molecule has 2 rings (SSSR count). The first-order chi connectivity index (χ1) is 10.8. The lowest BCUT2D eigenvalue weighted by molar-refractivity contribution is -0.143. The van der Waals surface area contributed by atoms with Gasteiger partial charge < -0.3 is 15.0 Å². The Hall–Kier alpha value is -2.11. The number of amides is 1. The van der Waals surface area contributed by atoms with Gasteiger partial charge in [-0.05, 0) is 30.7 Å². The summed E-state index contributed by atoms with van der Waals surface area (Å²) in [4.78, 5) is 40.0. The fraction of sp³-hybridized carbons (Fsp3) is 0.588. The number of hydrogen-bond donors (Lipinski definition) is 2. The van der Waals surface area contributed by atoms with Gasteiger partial charge >= 0.3 is 5.97 Å². The van der Waals surface area contributed by atoms with Crippen molar-refractivity contribution >= 4 is 11.9 Å². The van der Waals surface area contributed by atoms with Crippen LogP contribution in [0.3, 0.4) is 0 Å². The molecule has 1 aromatic rings. The highest BCUT2D eigenvalue weighted by atomic mass is 16.4. The third-order valence-corrected chi connectivity index (χ3v) is 4.07. The van der Waals surface area contributed by atoms with E-state index in [1.54, 1.807) is 11.0 Å². The van der Waals surface area contributed by atoms with Crippen LogP contribution in [0.15, 0.2) is 16.9 Å². The molecule has 1 aliphatic heterocycles. The zero-order chi connectivity index (χ0) is 17.1. The van der Waals surface area contributed by atoms with Crippen LogP contribution in [0.25, 0.3) is 0 Å². The first-order valence-corrected chi connectivity index (χ1v) is 8.01. The summed E-state index contributed by atoms with van der Waals surface area (Å²) in [6.07, 6.45) is 1.26. The van der Waals surface area contributed by atoms with Crippen LogP contribution in [0.2, 0.25) is 0 Å². The highest BCUT2D eigenvalue weighted by Crippen LogP contribution is 2.23. The van der Waals surface area contributed by atoms with E-state index in [9.17, 15) is 19.5 Å². The Balaban J connectivity index is 2.23. The number of aliphatic carboxylic acids is 1. The molecule has 0 radical (unpaired) electrons. The molecular formula is C17H24N2O4. The van der Waals surface area contributed by atoms with Crippen molar-refractivity contribution in [1.82, 2.24) is 9.88 Å². The molecule has 2 unspecified atom stereocenters. The van der Waals surface area contributed by atoms with Gasteiger partial charge in [-0.1, -0.05) is 20.8 Å². The summed E-state index contributed by atoms with van der Waals surface area (Å²) in [7, 11) is 0. The van der Waals surface area contributed by atoms with Crippen molar-refractivity contribution in [2.45, 2.75) is 33.6 Å². The summed E-state index contributed by atoms with van der Waals surface area (Å²) in [6.45, 7) is 6.74. The Bertz CT molecular complexity index is 650. The van der Waals surface area contributed by atoms with Gasteiger partial charge in [0.2, 0.25) is 5.56 Å². The van der Waals surface area contributed by atoms with Gasteiger partial charge in [-0.3, -0.25) is 14.4 Å². The van der Waals surface area contributed by atoms with E-state index in [1.165, 1.54) is 6.07 Å². The molecule has 126 valence electrons. The number of likely N-dealkylation sites (tertiary alicyclic amines) is 1. The third kappa shape index (κ3) is 4.43. The number of carboxylic acids is 1. The molecule has 1 saturated heterocycles. The Morgan fingerprint density at radius 2 is 2.04 bits per heavy atom. The van der Waals surface area contributed by atoms with E-state index in [-0.39, 0.29) is 23.9 Å². The average molecular weight is 320 g/mol. The monoisotopic (exact) mass is 320 g/mol. The quantitative estimate of drug-likeness (QED) is 0.884. The predicted octanol–water partition coefficient (Wildman–Crippen LogP) is 1.76. The number of aromatic nitrogens is 1. The maximum Gasteiger partial charge on any atom is 0.308 e. The molecule has 1 fully saturated rings. The second-order valence-electron chi connectivity index (χ2n) is 6.94. The zero-order valence-corrected chi connectivity index (χ0v) is 13.8. The van der Waals surface area contributed by atoms with Crippen LogP contribution in [0.1, 0.15) is 43.2 Å². The summed E-state index contributed by atoms with van der Waals surface area (Å²) in [6, 6.07) is 3.00. The van der Waals surface area contributed by atoms with Crippen molar-refractivity contribution in [3.8, 4) is 0 Å². The molecule has 23 heavy (non-hydrogen) atoms. The van der Waals surface area contributed by atoms with Crippen LogP contribution in [-0.2, 0) is 11.2 Å². The van der Waals surface area contributed by atoms with Crippen LogP contribution < -0.4 is 5.56 Å². The fourth-order valence-corrected chi connectivity index (χ4v) is 3.15. The molecule has 0 spiro atoms. The van der Waals surface area contributed by atoms with Crippen molar-refractivity contribution in [2.75, 3.05) is 13.1 Å². The number of rotatable bonds is 4. The van der Waals surface area contributed by atoms with Crippen LogP contribution >= 0.6 is 0 Å². The lowest BCUT2D eigenvalue weighted by Crippen LogP contribution is -2.45. The standard InChI is InChI=1S/C17H24N2O4/c1-10(2)4-14-6-12(7-15(20)18-14)16(21)19-8-11(3)5-13(9-19)17(22)23/h6-7,10-11,13H,4-5,8-9H2,1-3H3,(H,18,20)(H,22,23). The molecule has 2 atom stereocenters. The van der Waals surface area contributed by atoms with Crippen molar-refractivity contribution < 1.29 is 14.7 Å². The number of carbonyl (C=O) groups excluding carboxylic acids is 1. The number of carboxylic acid groups (broad SMARTS) is 1. The molecule has 2 N–H and O–H groups in total. The average Bonchev–Trinajstić information content (AvgIpc) is 2.44. The maximum atomic E-state index is 12.7. The molecule has 0 saturated carbocycles. The number of nitrogens with one attached hydrogen (secondary N) is 1. The maximum absolute atomic E-state index is 12.7. The van der Waals surface area contributed by atoms with E-state index < -0.39 is 11.9 Å². The SMILES string of the molecule is CC(C)Cc1cc(C(=O)N2CC(C)CC(C(=O)O)C2)cc(=O)[nH]1. The molecule has 1 aliphatic rings. The zero-order valence-electron chi connectivity index (χ0n) is 13.8. The summed E-state index contributed by atoms with van der Waals surface area (Å²) < 4.78 is 0. The van der Waals surface area contributed by atoms with Crippen LogP contribution in [0.4, 0.5) is 0 Å². The molecule has 0 aliphatic carbocycles. The van der Waals surface area contributed by atoms with E-state index >= 15 is 0 Å². The Morgan fingerprint density at radius 1 is 1.35 bits per heavy atom. The lowest BCUT2D eigenvalue weighted by atomic mass is 9.90. The van der Waals surface area contributed by atoms with Crippen LogP contribution in [0.5, 0.6) is 0 Å². The number of carbonyl (C=O) groups is 2. The number of pyridine rings is 1. The first-order valence-electron chi connectivity index (χ1n) is 8.01. The molecule has 1 aromatic heterocycles. The van der Waals surface area contributed by atoms with E-state index in [2.05, 4.69) is 4.98 Å². The minimum atomic E-state index is -0.874. The van der Waals surface area contributed by atoms with Gasteiger partial charge in [-0.2, -0.15) is 0 Å². The minimum absolute atomic E-state index is 0.130. The van der Waals surface area contributed by atoms with Gasteiger partial charge in [0.25, 0.3) is 5.91 Å². The number of piperidine rings is 1. The molecule has 6 nitrogen and oxygen atoms in total.